The third-order valence-electron chi connectivity index (χ3n) is 2.14. The van der Waals surface area contributed by atoms with Crippen LogP contribution in [0.3, 0.4) is 0 Å². The fourth-order valence-corrected chi connectivity index (χ4v) is 1.35. The van der Waals surface area contributed by atoms with Crippen molar-refractivity contribution in [3.8, 4) is 0 Å². The molecule has 0 aliphatic rings. The molecule has 86 valence electrons. The Morgan fingerprint density at radius 1 is 1.60 bits per heavy atom. The third kappa shape index (κ3) is 3.99. The summed E-state index contributed by atoms with van der Waals surface area (Å²) >= 11 is 0. The van der Waals surface area contributed by atoms with E-state index in [1.165, 1.54) is 0 Å². The van der Waals surface area contributed by atoms with E-state index in [4.69, 9.17) is 10.2 Å². The predicted octanol–water partition coefficient (Wildman–Crippen LogP) is -0.264. The normalized spacial score (nSPS) is 13.0. The highest BCUT2D eigenvalue weighted by atomic mass is 16.3. The standard InChI is InChI=1S/C10H19N3O2/c1-2-5-13-9(3-4-12-13)6-11-7-10(15)8-14/h3-4,10-11,14-15H,2,5-8H2,1H3. The molecule has 0 saturated carbocycles. The fourth-order valence-electron chi connectivity index (χ4n) is 1.35. The van der Waals surface area contributed by atoms with Crippen LogP contribution >= 0.6 is 0 Å². The molecular weight excluding hydrogens is 194 g/mol. The van der Waals surface area contributed by atoms with Crippen molar-refractivity contribution in [3.63, 3.8) is 0 Å². The van der Waals surface area contributed by atoms with Gasteiger partial charge in [-0.15, -0.1) is 0 Å². The summed E-state index contributed by atoms with van der Waals surface area (Å²) in [6.45, 7) is 3.87. The zero-order valence-electron chi connectivity index (χ0n) is 9.06. The summed E-state index contributed by atoms with van der Waals surface area (Å²) in [6, 6.07) is 1.95. The summed E-state index contributed by atoms with van der Waals surface area (Å²) in [5.74, 6) is 0. The van der Waals surface area contributed by atoms with Crippen LogP contribution in [0.15, 0.2) is 12.3 Å². The van der Waals surface area contributed by atoms with Crippen LogP contribution in [-0.4, -0.2) is 39.2 Å². The van der Waals surface area contributed by atoms with Gasteiger partial charge in [0.1, 0.15) is 0 Å². The highest BCUT2D eigenvalue weighted by Gasteiger charge is 2.03. The number of aliphatic hydroxyl groups is 2. The maximum atomic E-state index is 9.12. The van der Waals surface area contributed by atoms with Gasteiger partial charge in [-0.3, -0.25) is 4.68 Å². The van der Waals surface area contributed by atoms with Crippen LogP contribution in [0.25, 0.3) is 0 Å². The van der Waals surface area contributed by atoms with E-state index in [1.807, 2.05) is 10.7 Å². The first-order chi connectivity index (χ1) is 7.27. The Kier molecular flexibility index (Phi) is 5.31. The van der Waals surface area contributed by atoms with Gasteiger partial charge >= 0.3 is 0 Å². The van der Waals surface area contributed by atoms with Gasteiger partial charge in [-0.2, -0.15) is 5.10 Å². The molecule has 1 aromatic rings. The van der Waals surface area contributed by atoms with Crippen LogP contribution < -0.4 is 5.32 Å². The molecule has 1 aromatic heterocycles. The molecule has 1 heterocycles. The summed E-state index contributed by atoms with van der Waals surface area (Å²) in [5.41, 5.74) is 1.10. The van der Waals surface area contributed by atoms with E-state index in [2.05, 4.69) is 17.3 Å². The molecule has 1 unspecified atom stereocenters. The van der Waals surface area contributed by atoms with Crippen molar-refractivity contribution in [3.05, 3.63) is 18.0 Å². The van der Waals surface area contributed by atoms with Crippen molar-refractivity contribution >= 4 is 0 Å². The molecule has 0 radical (unpaired) electrons. The monoisotopic (exact) mass is 213 g/mol. The Hall–Kier alpha value is -0.910. The van der Waals surface area contributed by atoms with Gasteiger partial charge in [0.25, 0.3) is 0 Å². The van der Waals surface area contributed by atoms with Crippen LogP contribution in [0.5, 0.6) is 0 Å². The first kappa shape index (κ1) is 12.2. The van der Waals surface area contributed by atoms with Gasteiger partial charge in [0, 0.05) is 25.8 Å². The van der Waals surface area contributed by atoms with Crippen molar-refractivity contribution in [2.45, 2.75) is 32.5 Å². The highest BCUT2D eigenvalue weighted by Crippen LogP contribution is 1.99. The molecule has 0 spiro atoms. The number of nitrogens with zero attached hydrogens (tertiary/aromatic N) is 2. The molecule has 0 aromatic carbocycles. The minimum Gasteiger partial charge on any atom is -0.394 e. The van der Waals surface area contributed by atoms with Crippen molar-refractivity contribution in [1.29, 1.82) is 0 Å². The van der Waals surface area contributed by atoms with Crippen LogP contribution in [0.1, 0.15) is 19.0 Å². The molecule has 0 amide bonds. The van der Waals surface area contributed by atoms with Crippen LogP contribution in [-0.2, 0) is 13.1 Å². The second-order valence-corrected chi connectivity index (χ2v) is 3.51. The average molecular weight is 213 g/mol. The van der Waals surface area contributed by atoms with Crippen LogP contribution in [0, 0.1) is 0 Å². The Labute approximate surface area is 89.7 Å². The fraction of sp³-hybridized carbons (Fsp3) is 0.700. The van der Waals surface area contributed by atoms with Crippen LogP contribution in [0.4, 0.5) is 0 Å². The largest absolute Gasteiger partial charge is 0.394 e. The number of nitrogens with one attached hydrogen (secondary N) is 1. The lowest BCUT2D eigenvalue weighted by atomic mass is 10.3. The molecule has 1 rings (SSSR count). The first-order valence-electron chi connectivity index (χ1n) is 5.28. The van der Waals surface area contributed by atoms with E-state index < -0.39 is 6.10 Å². The summed E-state index contributed by atoms with van der Waals surface area (Å²) in [5, 5.41) is 25.0. The molecule has 0 aliphatic carbocycles. The summed E-state index contributed by atoms with van der Waals surface area (Å²) in [6.07, 6.45) is 2.14. The lowest BCUT2D eigenvalue weighted by Crippen LogP contribution is -2.29. The lowest BCUT2D eigenvalue weighted by Gasteiger charge is -2.10. The molecule has 0 fully saturated rings. The Balaban J connectivity index is 2.33. The number of aliphatic hydroxyl groups excluding tert-OH is 2. The van der Waals surface area contributed by atoms with Gasteiger partial charge in [-0.05, 0) is 12.5 Å². The van der Waals surface area contributed by atoms with Gasteiger partial charge in [0.05, 0.1) is 18.4 Å². The Morgan fingerprint density at radius 3 is 3.07 bits per heavy atom. The van der Waals surface area contributed by atoms with E-state index in [9.17, 15) is 0 Å². The van der Waals surface area contributed by atoms with E-state index >= 15 is 0 Å². The number of aryl methyl sites for hydroxylation is 1. The smallest absolute Gasteiger partial charge is 0.0895 e. The maximum Gasteiger partial charge on any atom is 0.0895 e. The Morgan fingerprint density at radius 2 is 2.40 bits per heavy atom. The second-order valence-electron chi connectivity index (χ2n) is 3.51. The predicted molar refractivity (Wildman–Crippen MR) is 57.3 cm³/mol. The zero-order chi connectivity index (χ0) is 11.1. The molecule has 5 nitrogen and oxygen atoms in total. The molecule has 5 heteroatoms. The Bertz CT molecular complexity index is 275. The quantitative estimate of drug-likeness (QED) is 0.583. The minimum absolute atomic E-state index is 0.207. The number of rotatable bonds is 7. The molecule has 3 N–H and O–H groups in total. The van der Waals surface area contributed by atoms with E-state index in [-0.39, 0.29) is 6.61 Å². The van der Waals surface area contributed by atoms with Gasteiger partial charge in [0.15, 0.2) is 0 Å². The van der Waals surface area contributed by atoms with E-state index in [0.29, 0.717) is 13.1 Å². The van der Waals surface area contributed by atoms with Gasteiger partial charge in [-0.25, -0.2) is 0 Å². The summed E-state index contributed by atoms with van der Waals surface area (Å²) < 4.78 is 1.94. The van der Waals surface area contributed by atoms with E-state index in [0.717, 1.165) is 18.7 Å². The average Bonchev–Trinajstić information content (AvgIpc) is 2.66. The van der Waals surface area contributed by atoms with Crippen molar-refractivity contribution in [1.82, 2.24) is 15.1 Å². The molecule has 0 saturated heterocycles. The molecular formula is C10H19N3O2. The van der Waals surface area contributed by atoms with Crippen molar-refractivity contribution in [2.24, 2.45) is 0 Å². The van der Waals surface area contributed by atoms with Gasteiger partial charge in [0.2, 0.25) is 0 Å². The van der Waals surface area contributed by atoms with Crippen molar-refractivity contribution in [2.75, 3.05) is 13.2 Å². The first-order valence-corrected chi connectivity index (χ1v) is 5.28. The maximum absolute atomic E-state index is 9.12. The zero-order valence-corrected chi connectivity index (χ0v) is 9.06. The lowest BCUT2D eigenvalue weighted by molar-refractivity contribution is 0.0940. The number of hydrogen-bond acceptors (Lipinski definition) is 4. The van der Waals surface area contributed by atoms with Gasteiger partial charge < -0.3 is 15.5 Å². The van der Waals surface area contributed by atoms with E-state index in [1.54, 1.807) is 6.20 Å². The molecule has 1 atom stereocenters. The topological polar surface area (TPSA) is 70.3 Å². The number of hydrogen-bond donors (Lipinski definition) is 3. The molecule has 0 aliphatic heterocycles. The summed E-state index contributed by atoms with van der Waals surface area (Å²) in [4.78, 5) is 0. The molecule has 15 heavy (non-hydrogen) atoms. The molecule has 0 bridgehead atoms. The number of aromatic nitrogens is 2. The second kappa shape index (κ2) is 6.55. The van der Waals surface area contributed by atoms with Gasteiger partial charge in [-0.1, -0.05) is 6.92 Å². The van der Waals surface area contributed by atoms with Crippen LogP contribution in [0.2, 0.25) is 0 Å². The SMILES string of the molecule is CCCn1nccc1CNCC(O)CO. The van der Waals surface area contributed by atoms with Crippen molar-refractivity contribution < 1.29 is 10.2 Å². The third-order valence-corrected chi connectivity index (χ3v) is 2.14. The minimum atomic E-state index is -0.687. The highest BCUT2D eigenvalue weighted by molar-refractivity contribution is 4.99. The summed E-state index contributed by atoms with van der Waals surface area (Å²) in [7, 11) is 0.